The van der Waals surface area contributed by atoms with E-state index in [-0.39, 0.29) is 11.9 Å². The van der Waals surface area contributed by atoms with Crippen LogP contribution in [0.2, 0.25) is 0 Å². The van der Waals surface area contributed by atoms with Gasteiger partial charge in [0.1, 0.15) is 5.82 Å². The molecule has 114 valence electrons. The number of alkyl halides is 3. The van der Waals surface area contributed by atoms with E-state index in [0.717, 1.165) is 29.0 Å². The van der Waals surface area contributed by atoms with Crippen molar-refractivity contribution in [2.75, 3.05) is 5.32 Å². The molecular formula is C14H16F3N3S. The molecule has 7 heteroatoms. The van der Waals surface area contributed by atoms with Crippen LogP contribution in [0, 0.1) is 0 Å². The van der Waals surface area contributed by atoms with E-state index in [1.54, 1.807) is 11.3 Å². The van der Waals surface area contributed by atoms with Crippen molar-refractivity contribution in [2.45, 2.75) is 38.9 Å². The van der Waals surface area contributed by atoms with Gasteiger partial charge < -0.3 is 5.32 Å². The van der Waals surface area contributed by atoms with Crippen LogP contribution < -0.4 is 5.32 Å². The third-order valence-corrected chi connectivity index (χ3v) is 4.09. The van der Waals surface area contributed by atoms with Gasteiger partial charge in [0.2, 0.25) is 0 Å². The summed E-state index contributed by atoms with van der Waals surface area (Å²) in [4.78, 5) is 8.41. The first-order valence-electron chi connectivity index (χ1n) is 6.52. The molecule has 0 aromatic carbocycles. The molecule has 0 aliphatic carbocycles. The maximum atomic E-state index is 12.7. The lowest BCUT2D eigenvalue weighted by Gasteiger charge is -2.14. The Kier molecular flexibility index (Phi) is 4.51. The van der Waals surface area contributed by atoms with Crippen molar-refractivity contribution in [1.29, 1.82) is 0 Å². The van der Waals surface area contributed by atoms with Crippen molar-refractivity contribution in [1.82, 2.24) is 9.97 Å². The molecule has 21 heavy (non-hydrogen) atoms. The van der Waals surface area contributed by atoms with Gasteiger partial charge in [-0.05, 0) is 19.1 Å². The van der Waals surface area contributed by atoms with Crippen LogP contribution in [0.3, 0.4) is 0 Å². The number of halogens is 3. The highest BCUT2D eigenvalue weighted by atomic mass is 32.1. The first-order valence-corrected chi connectivity index (χ1v) is 7.40. The van der Waals surface area contributed by atoms with Crippen LogP contribution in [0.1, 0.15) is 49.0 Å². The molecule has 0 radical (unpaired) electrons. The van der Waals surface area contributed by atoms with Crippen LogP contribution in [0.5, 0.6) is 0 Å². The fourth-order valence-corrected chi connectivity index (χ4v) is 2.67. The van der Waals surface area contributed by atoms with Gasteiger partial charge in [0.15, 0.2) is 0 Å². The zero-order valence-corrected chi connectivity index (χ0v) is 12.7. The van der Waals surface area contributed by atoms with Gasteiger partial charge in [0.05, 0.1) is 22.3 Å². The van der Waals surface area contributed by atoms with E-state index in [1.165, 1.54) is 0 Å². The molecule has 0 bridgehead atoms. The minimum Gasteiger partial charge on any atom is -0.362 e. The first kappa shape index (κ1) is 15.8. The molecule has 0 spiro atoms. The second-order valence-electron chi connectivity index (χ2n) is 5.06. The molecule has 2 heterocycles. The molecule has 2 rings (SSSR count). The Labute approximate surface area is 125 Å². The molecule has 0 amide bonds. The number of hydrogen-bond acceptors (Lipinski definition) is 4. The fourth-order valence-electron chi connectivity index (χ4n) is 1.75. The number of aromatic nitrogens is 2. The predicted octanol–water partition coefficient (Wildman–Crippen LogP) is 4.85. The third kappa shape index (κ3) is 3.93. The highest BCUT2D eigenvalue weighted by molar-refractivity contribution is 7.09. The van der Waals surface area contributed by atoms with E-state index in [4.69, 9.17) is 0 Å². The van der Waals surface area contributed by atoms with Crippen molar-refractivity contribution >= 4 is 17.2 Å². The molecule has 0 aliphatic heterocycles. The van der Waals surface area contributed by atoms with Crippen molar-refractivity contribution in [3.63, 3.8) is 0 Å². The number of thiazole rings is 1. The van der Waals surface area contributed by atoms with E-state index in [1.807, 2.05) is 12.3 Å². The summed E-state index contributed by atoms with van der Waals surface area (Å²) in [5.41, 5.74) is 0.0938. The van der Waals surface area contributed by atoms with E-state index in [2.05, 4.69) is 29.1 Å². The Hall–Kier alpha value is -1.63. The van der Waals surface area contributed by atoms with Gasteiger partial charge in [0, 0.05) is 17.5 Å². The molecule has 1 unspecified atom stereocenters. The number of rotatable bonds is 4. The summed E-state index contributed by atoms with van der Waals surface area (Å²) in [5, 5.41) is 5.88. The monoisotopic (exact) mass is 315 g/mol. The Morgan fingerprint density at radius 1 is 1.24 bits per heavy atom. The molecule has 2 aromatic rings. The molecule has 1 atom stereocenters. The van der Waals surface area contributed by atoms with E-state index >= 15 is 0 Å². The van der Waals surface area contributed by atoms with Gasteiger partial charge >= 0.3 is 6.18 Å². The van der Waals surface area contributed by atoms with Crippen LogP contribution in [0.4, 0.5) is 19.0 Å². The maximum Gasteiger partial charge on any atom is 0.416 e. The van der Waals surface area contributed by atoms with E-state index in [0.29, 0.717) is 5.92 Å². The minimum atomic E-state index is -4.37. The van der Waals surface area contributed by atoms with Gasteiger partial charge in [-0.2, -0.15) is 13.2 Å². The zero-order valence-electron chi connectivity index (χ0n) is 11.9. The third-order valence-electron chi connectivity index (χ3n) is 2.93. The quantitative estimate of drug-likeness (QED) is 0.876. The lowest BCUT2D eigenvalue weighted by Crippen LogP contribution is -2.11. The summed E-state index contributed by atoms with van der Waals surface area (Å²) in [6, 6.07) is 1.76. The molecule has 0 saturated heterocycles. The normalized spacial score (nSPS) is 13.5. The molecule has 2 aromatic heterocycles. The molecule has 0 saturated carbocycles. The molecular weight excluding hydrogens is 299 g/mol. The van der Waals surface area contributed by atoms with E-state index < -0.39 is 11.7 Å². The SMILES string of the molecule is CC(C)c1nc(C(C)Nc2cc(C(F)(F)F)ccn2)cs1. The van der Waals surface area contributed by atoms with Crippen LogP contribution in [0.25, 0.3) is 0 Å². The molecule has 0 aliphatic rings. The Bertz CT molecular complexity index is 608. The predicted molar refractivity (Wildman–Crippen MR) is 77.5 cm³/mol. The summed E-state index contributed by atoms with van der Waals surface area (Å²) >= 11 is 1.55. The lowest BCUT2D eigenvalue weighted by molar-refractivity contribution is -0.137. The first-order chi connectivity index (χ1) is 9.77. The minimum absolute atomic E-state index is 0.191. The fraction of sp³-hybridized carbons (Fsp3) is 0.429. The lowest BCUT2D eigenvalue weighted by atomic mass is 10.2. The zero-order chi connectivity index (χ0) is 15.6. The summed E-state index contributed by atoms with van der Waals surface area (Å²) in [6.45, 7) is 5.95. The van der Waals surface area contributed by atoms with Gasteiger partial charge in [-0.25, -0.2) is 9.97 Å². The standard InChI is InChI=1S/C14H16F3N3S/c1-8(2)13-20-11(7-21-13)9(3)19-12-6-10(4-5-18-12)14(15,16)17/h4-9H,1-3H3,(H,18,19). The summed E-state index contributed by atoms with van der Waals surface area (Å²) in [6.07, 6.45) is -3.22. The smallest absolute Gasteiger partial charge is 0.362 e. The second kappa shape index (κ2) is 6.01. The van der Waals surface area contributed by atoms with Crippen molar-refractivity contribution in [2.24, 2.45) is 0 Å². The summed E-state index contributed by atoms with van der Waals surface area (Å²) in [7, 11) is 0. The Morgan fingerprint density at radius 3 is 2.52 bits per heavy atom. The highest BCUT2D eigenvalue weighted by Crippen LogP contribution is 2.31. The summed E-state index contributed by atoms with van der Waals surface area (Å²) in [5.74, 6) is 0.527. The van der Waals surface area contributed by atoms with Crippen molar-refractivity contribution < 1.29 is 13.2 Å². The topological polar surface area (TPSA) is 37.8 Å². The Morgan fingerprint density at radius 2 is 1.95 bits per heavy atom. The number of nitrogens with zero attached hydrogens (tertiary/aromatic N) is 2. The molecule has 3 nitrogen and oxygen atoms in total. The summed E-state index contributed by atoms with van der Waals surface area (Å²) < 4.78 is 38.0. The number of nitrogens with one attached hydrogen (secondary N) is 1. The Balaban J connectivity index is 2.13. The largest absolute Gasteiger partial charge is 0.416 e. The van der Waals surface area contributed by atoms with Gasteiger partial charge in [-0.3, -0.25) is 0 Å². The highest BCUT2D eigenvalue weighted by Gasteiger charge is 2.30. The number of hydrogen-bond donors (Lipinski definition) is 1. The van der Waals surface area contributed by atoms with Gasteiger partial charge in [-0.1, -0.05) is 13.8 Å². The maximum absolute atomic E-state index is 12.7. The van der Waals surface area contributed by atoms with Crippen LogP contribution >= 0.6 is 11.3 Å². The van der Waals surface area contributed by atoms with Crippen LogP contribution in [-0.2, 0) is 6.18 Å². The number of anilines is 1. The molecule has 1 N–H and O–H groups in total. The number of pyridine rings is 1. The van der Waals surface area contributed by atoms with Crippen molar-refractivity contribution in [3.8, 4) is 0 Å². The van der Waals surface area contributed by atoms with Crippen molar-refractivity contribution in [3.05, 3.63) is 40.0 Å². The second-order valence-corrected chi connectivity index (χ2v) is 5.95. The van der Waals surface area contributed by atoms with Gasteiger partial charge in [-0.15, -0.1) is 11.3 Å². The molecule has 0 fully saturated rings. The van der Waals surface area contributed by atoms with Gasteiger partial charge in [0.25, 0.3) is 0 Å². The average molecular weight is 315 g/mol. The average Bonchev–Trinajstić information content (AvgIpc) is 2.88. The van der Waals surface area contributed by atoms with E-state index in [9.17, 15) is 13.2 Å². The van der Waals surface area contributed by atoms with Crippen LogP contribution in [0.15, 0.2) is 23.7 Å². The van der Waals surface area contributed by atoms with Crippen LogP contribution in [-0.4, -0.2) is 9.97 Å².